The lowest BCUT2D eigenvalue weighted by atomic mass is 10.1. The number of carbonyl (C=O) groups is 4. The second-order valence-electron chi connectivity index (χ2n) is 16.9. The number of hydrogen-bond donors (Lipinski definition) is 5. The van der Waals surface area contributed by atoms with Crippen molar-refractivity contribution in [1.82, 2.24) is 39.7 Å². The summed E-state index contributed by atoms with van der Waals surface area (Å²) in [5.41, 5.74) is 2.36. The Morgan fingerprint density at radius 3 is 1.65 bits per heavy atom. The van der Waals surface area contributed by atoms with Crippen LogP contribution in [0.4, 0.5) is 9.59 Å². The largest absolute Gasteiger partial charge is 0.443 e. The third kappa shape index (κ3) is 12.7. The summed E-state index contributed by atoms with van der Waals surface area (Å²) in [5.74, 6) is -0.736. The number of aromatic nitrogens is 6. The fourth-order valence-corrected chi connectivity index (χ4v) is 8.05. The lowest BCUT2D eigenvalue weighted by Crippen LogP contribution is -2.48. The number of fused-ring (bicyclic) bond motifs is 3. The molecule has 5 N–H and O–H groups in total. The molecule has 66 heavy (non-hydrogen) atoms. The van der Waals surface area contributed by atoms with E-state index in [2.05, 4.69) is 53.2 Å². The lowest BCUT2D eigenvalue weighted by Gasteiger charge is -2.28. The van der Waals surface area contributed by atoms with Crippen molar-refractivity contribution < 1.29 is 48.3 Å². The van der Waals surface area contributed by atoms with Gasteiger partial charge in [-0.15, -0.1) is 0 Å². The summed E-state index contributed by atoms with van der Waals surface area (Å²) in [5, 5.41) is 26.6. The van der Waals surface area contributed by atoms with Crippen LogP contribution in [0.3, 0.4) is 0 Å². The van der Waals surface area contributed by atoms with E-state index in [0.29, 0.717) is 69.2 Å². The molecular formula is C44H52Cl3IN8O10. The average molecular weight is 1090 g/mol. The van der Waals surface area contributed by atoms with Gasteiger partial charge in [0.05, 0.1) is 83.8 Å². The van der Waals surface area contributed by atoms with E-state index in [4.69, 9.17) is 53.8 Å². The summed E-state index contributed by atoms with van der Waals surface area (Å²) in [6, 6.07) is 4.10. The highest BCUT2D eigenvalue weighted by Crippen LogP contribution is 2.30. The SMILES string of the molecule is C.CC(C)(C)OC(=O)n1cc(C(=O)N[C@@H]2CCOC[C@H]2O)c2nccc(Cl)c21.CC(C)(C)OC(=O)n1cc(I)c2nccc(Cl)c21.O=C(N[C@@H]1CCOC[C@H]1O)c1c[nH]c2c(Cl)ccnc12. The molecule has 0 aromatic carbocycles. The second kappa shape index (κ2) is 22.0. The highest BCUT2D eigenvalue weighted by atomic mass is 127. The zero-order valence-corrected chi connectivity index (χ0v) is 40.6. The number of pyridine rings is 3. The minimum Gasteiger partial charge on any atom is -0.443 e. The molecular weight excluding hydrogens is 1030 g/mol. The molecule has 6 aromatic heterocycles. The van der Waals surface area contributed by atoms with Crippen LogP contribution in [0.15, 0.2) is 55.4 Å². The minimum atomic E-state index is -0.793. The van der Waals surface area contributed by atoms with Gasteiger partial charge in [0.15, 0.2) is 0 Å². The van der Waals surface area contributed by atoms with Crippen molar-refractivity contribution in [2.24, 2.45) is 0 Å². The second-order valence-corrected chi connectivity index (χ2v) is 19.3. The normalized spacial score (nSPS) is 18.5. The van der Waals surface area contributed by atoms with Gasteiger partial charge >= 0.3 is 12.2 Å². The van der Waals surface area contributed by atoms with Crippen LogP contribution in [0.25, 0.3) is 33.1 Å². The first-order valence-corrected chi connectivity index (χ1v) is 22.5. The van der Waals surface area contributed by atoms with E-state index in [1.165, 1.54) is 27.6 Å². The number of ether oxygens (including phenoxy) is 4. The Bertz CT molecular complexity index is 2710. The number of nitrogens with one attached hydrogen (secondary N) is 3. The molecule has 2 aliphatic heterocycles. The number of halogens is 4. The van der Waals surface area contributed by atoms with Crippen LogP contribution in [-0.4, -0.2) is 125 Å². The lowest BCUT2D eigenvalue weighted by molar-refractivity contribution is -0.0260. The van der Waals surface area contributed by atoms with Crippen molar-refractivity contribution in [3.8, 4) is 0 Å². The van der Waals surface area contributed by atoms with Gasteiger partial charge < -0.3 is 44.8 Å². The fourth-order valence-electron chi connectivity index (χ4n) is 6.70. The van der Waals surface area contributed by atoms with Gasteiger partial charge in [0.2, 0.25) is 0 Å². The monoisotopic (exact) mass is 1080 g/mol. The highest BCUT2D eigenvalue weighted by molar-refractivity contribution is 14.1. The topological polar surface area (TPSA) is 234 Å². The van der Waals surface area contributed by atoms with Gasteiger partial charge in [0.25, 0.3) is 11.8 Å². The summed E-state index contributed by atoms with van der Waals surface area (Å²) in [7, 11) is 0. The first kappa shape index (κ1) is 52.4. The molecule has 0 unspecified atom stereocenters. The van der Waals surface area contributed by atoms with Gasteiger partial charge in [0, 0.05) is 50.4 Å². The molecule has 0 radical (unpaired) electrons. The minimum absolute atomic E-state index is 0. The van der Waals surface area contributed by atoms with Gasteiger partial charge in [-0.05, 0) is 95.2 Å². The first-order valence-electron chi connectivity index (χ1n) is 20.3. The van der Waals surface area contributed by atoms with Crippen LogP contribution in [0, 0.1) is 3.57 Å². The van der Waals surface area contributed by atoms with E-state index < -0.39 is 47.5 Å². The smallest absolute Gasteiger partial charge is 0.419 e. The van der Waals surface area contributed by atoms with Crippen molar-refractivity contribution in [2.45, 2.75) is 97.3 Å². The Morgan fingerprint density at radius 2 is 1.15 bits per heavy atom. The number of aliphatic hydroxyl groups excluding tert-OH is 2. The van der Waals surface area contributed by atoms with Gasteiger partial charge in [0.1, 0.15) is 27.8 Å². The molecule has 18 nitrogen and oxygen atoms in total. The summed E-state index contributed by atoms with van der Waals surface area (Å²) in [6.07, 6.45) is 7.73. The van der Waals surface area contributed by atoms with Crippen LogP contribution >= 0.6 is 57.4 Å². The number of aromatic amines is 1. The van der Waals surface area contributed by atoms with E-state index in [-0.39, 0.29) is 48.7 Å². The number of carbonyl (C=O) groups excluding carboxylic acids is 4. The van der Waals surface area contributed by atoms with Crippen molar-refractivity contribution in [3.05, 3.63) is 85.1 Å². The number of hydrogen-bond acceptors (Lipinski definition) is 13. The van der Waals surface area contributed by atoms with Crippen molar-refractivity contribution in [1.29, 1.82) is 0 Å². The van der Waals surface area contributed by atoms with Crippen LogP contribution in [-0.2, 0) is 18.9 Å². The highest BCUT2D eigenvalue weighted by Gasteiger charge is 2.30. The number of aliphatic hydroxyl groups is 2. The van der Waals surface area contributed by atoms with Crippen LogP contribution in [0.5, 0.6) is 0 Å². The number of nitrogens with zero attached hydrogens (tertiary/aromatic N) is 5. The van der Waals surface area contributed by atoms with Gasteiger partial charge in [-0.2, -0.15) is 0 Å². The van der Waals surface area contributed by atoms with Crippen molar-refractivity contribution in [2.75, 3.05) is 26.4 Å². The fraction of sp³-hybridized carbons (Fsp3) is 0.432. The van der Waals surface area contributed by atoms with Crippen LogP contribution in [0.1, 0.15) is 82.5 Å². The molecule has 0 spiro atoms. The molecule has 2 fully saturated rings. The van der Waals surface area contributed by atoms with Crippen LogP contribution < -0.4 is 10.6 Å². The molecule has 0 saturated carbocycles. The molecule has 2 amide bonds. The molecule has 22 heteroatoms. The molecule has 8 rings (SSSR count). The third-order valence-corrected chi connectivity index (χ3v) is 11.4. The Morgan fingerprint density at radius 1 is 0.712 bits per heavy atom. The summed E-state index contributed by atoms with van der Waals surface area (Å²) in [4.78, 5) is 65.3. The van der Waals surface area contributed by atoms with Gasteiger partial charge in [-0.3, -0.25) is 24.5 Å². The molecule has 4 atom stereocenters. The number of rotatable bonds is 4. The standard InChI is InChI=1S/C18H22ClN3O5.C13H14ClN3O3.C12H12ClIN2O2.CH4/c1-18(2,3)27-17(25)22-8-10(14-15(22)11(19)4-6-20-14)16(24)21-12-5-7-26-9-13(12)23;14-8-1-3-15-11-7(5-16-12(8)11)13(19)17-9-2-4-20-6-10(9)18;1-12(2,3)18-11(17)16-6-8(14)9-10(16)7(13)4-5-15-9;/h4,6,8,12-13,23H,5,7,9H2,1-3H3,(H,21,24);1,3,5,9-10,16,18H,2,4,6H2,(H,17,19);4-6H,1-3H3;1H4/t12-,13-;9-,10-;;/m11../s1. The molecule has 356 valence electrons. The summed E-state index contributed by atoms with van der Waals surface area (Å²) in [6.45, 7) is 12.1. The van der Waals surface area contributed by atoms with Crippen molar-refractivity contribution >= 4 is 114 Å². The van der Waals surface area contributed by atoms with Crippen molar-refractivity contribution in [3.63, 3.8) is 0 Å². The van der Waals surface area contributed by atoms with E-state index in [0.717, 1.165) is 3.57 Å². The molecule has 6 aromatic rings. The van der Waals surface area contributed by atoms with E-state index in [1.54, 1.807) is 57.7 Å². The Balaban J connectivity index is 0.000000189. The van der Waals surface area contributed by atoms with E-state index in [9.17, 15) is 29.4 Å². The van der Waals surface area contributed by atoms with E-state index in [1.807, 2.05) is 20.8 Å². The maximum atomic E-state index is 12.8. The number of H-pyrrole nitrogens is 1. The Labute approximate surface area is 409 Å². The molecule has 2 saturated heterocycles. The van der Waals surface area contributed by atoms with Gasteiger partial charge in [-0.25, -0.2) is 18.7 Å². The summed E-state index contributed by atoms with van der Waals surface area (Å²) < 4.78 is 24.5. The molecule has 2 aliphatic rings. The molecule has 0 aliphatic carbocycles. The predicted molar refractivity (Wildman–Crippen MR) is 259 cm³/mol. The molecule has 8 heterocycles. The summed E-state index contributed by atoms with van der Waals surface area (Å²) >= 11 is 20.5. The maximum absolute atomic E-state index is 12.8. The first-order chi connectivity index (χ1) is 30.6. The quantitative estimate of drug-likeness (QED) is 0.105. The van der Waals surface area contributed by atoms with E-state index >= 15 is 0 Å². The molecule has 0 bridgehead atoms. The zero-order chi connectivity index (χ0) is 47.4. The maximum Gasteiger partial charge on any atom is 0.419 e. The van der Waals surface area contributed by atoms with Gasteiger partial charge in [-0.1, -0.05) is 42.2 Å². The number of amides is 2. The predicted octanol–water partition coefficient (Wildman–Crippen LogP) is 8.16. The third-order valence-electron chi connectivity index (χ3n) is 9.69. The Hall–Kier alpha value is -4.61. The van der Waals surface area contributed by atoms with Crippen LogP contribution in [0.2, 0.25) is 15.1 Å². The zero-order valence-electron chi connectivity index (χ0n) is 36.2. The average Bonchev–Trinajstić information content (AvgIpc) is 3.95. The Kier molecular flexibility index (Phi) is 17.5.